The van der Waals surface area contributed by atoms with Crippen molar-refractivity contribution in [3.8, 4) is 11.4 Å². The van der Waals surface area contributed by atoms with Gasteiger partial charge in [-0.05, 0) is 34.9 Å². The predicted molar refractivity (Wildman–Crippen MR) is 78.1 cm³/mol. The number of rotatable bonds is 6. The molecule has 2 N–H and O–H groups in total. The smallest absolute Gasteiger partial charge is 0.184 e. The summed E-state index contributed by atoms with van der Waals surface area (Å²) < 4.78 is 7.31. The Morgan fingerprint density at radius 1 is 1.35 bits per heavy atom. The van der Waals surface area contributed by atoms with Crippen LogP contribution in [-0.2, 0) is 11.3 Å². The summed E-state index contributed by atoms with van der Waals surface area (Å²) in [4.78, 5) is 0. The minimum atomic E-state index is 0.523. The van der Waals surface area contributed by atoms with Crippen LogP contribution in [0.3, 0.4) is 0 Å². The lowest BCUT2D eigenvalue weighted by Gasteiger charge is -2.10. The summed E-state index contributed by atoms with van der Waals surface area (Å²) in [5.41, 5.74) is 8.67. The van der Waals surface area contributed by atoms with Crippen LogP contribution in [0.15, 0.2) is 18.2 Å². The summed E-state index contributed by atoms with van der Waals surface area (Å²) >= 11 is 0. The Balaban J connectivity index is 2.12. The molecule has 20 heavy (non-hydrogen) atoms. The molecule has 0 aliphatic rings. The Bertz CT molecular complexity index is 544. The Hall–Kier alpha value is -1.95. The predicted octanol–water partition coefficient (Wildman–Crippen LogP) is 1.90. The average molecular weight is 275 g/mol. The maximum Gasteiger partial charge on any atom is 0.184 e. The highest BCUT2D eigenvalue weighted by Crippen LogP contribution is 2.26. The van der Waals surface area contributed by atoms with Crippen LogP contribution in [0, 0.1) is 12.8 Å². The first-order chi connectivity index (χ1) is 9.59. The summed E-state index contributed by atoms with van der Waals surface area (Å²) in [5, 5.41) is 11.8. The third-order valence-electron chi connectivity index (χ3n) is 2.96. The van der Waals surface area contributed by atoms with Gasteiger partial charge in [0.15, 0.2) is 5.82 Å². The second-order valence-corrected chi connectivity index (χ2v) is 5.23. The Labute approximate surface area is 118 Å². The van der Waals surface area contributed by atoms with E-state index in [2.05, 4.69) is 29.4 Å². The van der Waals surface area contributed by atoms with Crippen molar-refractivity contribution in [2.24, 2.45) is 5.92 Å². The van der Waals surface area contributed by atoms with Crippen molar-refractivity contribution in [2.45, 2.75) is 27.3 Å². The van der Waals surface area contributed by atoms with Gasteiger partial charge in [0.25, 0.3) is 0 Å². The number of nitrogen functional groups attached to an aromatic ring is 1. The van der Waals surface area contributed by atoms with Crippen molar-refractivity contribution < 1.29 is 4.74 Å². The van der Waals surface area contributed by atoms with Crippen LogP contribution < -0.4 is 5.73 Å². The van der Waals surface area contributed by atoms with Crippen molar-refractivity contribution in [2.75, 3.05) is 18.9 Å². The maximum absolute atomic E-state index is 6.04. The van der Waals surface area contributed by atoms with Crippen molar-refractivity contribution in [1.29, 1.82) is 0 Å². The van der Waals surface area contributed by atoms with Crippen LogP contribution in [0.25, 0.3) is 11.4 Å². The van der Waals surface area contributed by atoms with Gasteiger partial charge in [0.1, 0.15) is 0 Å². The van der Waals surface area contributed by atoms with Gasteiger partial charge in [0, 0.05) is 17.9 Å². The molecule has 0 bridgehead atoms. The van der Waals surface area contributed by atoms with E-state index in [-0.39, 0.29) is 0 Å². The molecule has 0 spiro atoms. The van der Waals surface area contributed by atoms with E-state index < -0.39 is 0 Å². The van der Waals surface area contributed by atoms with E-state index in [0.717, 1.165) is 17.7 Å². The van der Waals surface area contributed by atoms with Crippen LogP contribution in [0.2, 0.25) is 0 Å². The molecular weight excluding hydrogens is 254 g/mol. The normalized spacial score (nSPS) is 11.2. The van der Waals surface area contributed by atoms with E-state index in [1.165, 1.54) is 0 Å². The quantitative estimate of drug-likeness (QED) is 0.643. The lowest BCUT2D eigenvalue weighted by Crippen LogP contribution is -2.12. The van der Waals surface area contributed by atoms with Gasteiger partial charge >= 0.3 is 0 Å². The summed E-state index contributed by atoms with van der Waals surface area (Å²) in [6.07, 6.45) is 0. The second-order valence-electron chi connectivity index (χ2n) is 5.23. The first kappa shape index (κ1) is 14.5. The molecule has 0 saturated heterocycles. The van der Waals surface area contributed by atoms with E-state index in [1.54, 1.807) is 4.68 Å². The van der Waals surface area contributed by atoms with Crippen LogP contribution in [-0.4, -0.2) is 33.4 Å². The molecule has 6 nitrogen and oxygen atoms in total. The van der Waals surface area contributed by atoms with Gasteiger partial charge in [-0.1, -0.05) is 26.0 Å². The number of hydrogen-bond acceptors (Lipinski definition) is 5. The zero-order valence-corrected chi connectivity index (χ0v) is 12.2. The lowest BCUT2D eigenvalue weighted by atomic mass is 10.1. The molecule has 2 rings (SSSR count). The average Bonchev–Trinajstić information content (AvgIpc) is 2.82. The number of anilines is 1. The lowest BCUT2D eigenvalue weighted by molar-refractivity contribution is 0.101. The fourth-order valence-corrected chi connectivity index (χ4v) is 2.00. The molecule has 0 aliphatic carbocycles. The van der Waals surface area contributed by atoms with E-state index >= 15 is 0 Å². The monoisotopic (exact) mass is 275 g/mol. The van der Waals surface area contributed by atoms with Gasteiger partial charge in [-0.25, -0.2) is 4.68 Å². The first-order valence-electron chi connectivity index (χ1n) is 6.79. The highest BCUT2D eigenvalue weighted by molar-refractivity contribution is 5.74. The van der Waals surface area contributed by atoms with Crippen molar-refractivity contribution >= 4 is 5.69 Å². The molecule has 1 aromatic heterocycles. The third kappa shape index (κ3) is 3.33. The molecular formula is C14H21N5O. The Morgan fingerprint density at radius 2 is 2.15 bits per heavy atom. The van der Waals surface area contributed by atoms with Gasteiger partial charge in [-0.3, -0.25) is 0 Å². The van der Waals surface area contributed by atoms with E-state index in [4.69, 9.17) is 10.5 Å². The van der Waals surface area contributed by atoms with Crippen LogP contribution in [0.5, 0.6) is 0 Å². The molecule has 108 valence electrons. The van der Waals surface area contributed by atoms with E-state index in [9.17, 15) is 0 Å². The number of nitrogens with zero attached hydrogens (tertiary/aromatic N) is 4. The summed E-state index contributed by atoms with van der Waals surface area (Å²) in [7, 11) is 0. The van der Waals surface area contributed by atoms with Gasteiger partial charge in [-0.15, -0.1) is 5.10 Å². The molecule has 0 unspecified atom stereocenters. The molecule has 1 heterocycles. The summed E-state index contributed by atoms with van der Waals surface area (Å²) in [5.74, 6) is 1.21. The molecule has 0 amide bonds. The minimum Gasteiger partial charge on any atom is -0.398 e. The number of hydrogen-bond donors (Lipinski definition) is 1. The number of tetrazole rings is 1. The molecule has 0 atom stereocenters. The van der Waals surface area contributed by atoms with Gasteiger partial charge in [0.05, 0.1) is 13.2 Å². The van der Waals surface area contributed by atoms with Crippen LogP contribution >= 0.6 is 0 Å². The van der Waals surface area contributed by atoms with Gasteiger partial charge in [-0.2, -0.15) is 0 Å². The Morgan fingerprint density at radius 3 is 2.85 bits per heavy atom. The fourth-order valence-electron chi connectivity index (χ4n) is 2.00. The molecule has 0 fully saturated rings. The summed E-state index contributed by atoms with van der Waals surface area (Å²) in [6, 6.07) is 5.78. The molecule has 0 radical (unpaired) electrons. The SMILES string of the molecule is Cc1cccc(N)c1-c1nnnn1CCOCC(C)C. The van der Waals surface area contributed by atoms with E-state index in [1.807, 2.05) is 25.1 Å². The summed E-state index contributed by atoms with van der Waals surface area (Å²) in [6.45, 7) is 8.18. The van der Waals surface area contributed by atoms with E-state index in [0.29, 0.717) is 30.6 Å². The third-order valence-corrected chi connectivity index (χ3v) is 2.96. The Kier molecular flexibility index (Phi) is 4.68. The number of benzene rings is 1. The largest absolute Gasteiger partial charge is 0.398 e. The molecule has 2 aromatic rings. The molecule has 1 aromatic carbocycles. The van der Waals surface area contributed by atoms with Gasteiger partial charge in [0.2, 0.25) is 0 Å². The van der Waals surface area contributed by atoms with Crippen molar-refractivity contribution in [1.82, 2.24) is 20.2 Å². The topological polar surface area (TPSA) is 78.9 Å². The maximum atomic E-state index is 6.04. The van der Waals surface area contributed by atoms with Crippen LogP contribution in [0.4, 0.5) is 5.69 Å². The zero-order valence-electron chi connectivity index (χ0n) is 12.2. The number of nitrogens with two attached hydrogens (primary N) is 1. The second kappa shape index (κ2) is 6.47. The standard InChI is InChI=1S/C14H21N5O/c1-10(2)9-20-8-7-19-14(16-17-18-19)13-11(3)5-4-6-12(13)15/h4-6,10H,7-9,15H2,1-3H3. The van der Waals surface area contributed by atoms with Crippen molar-refractivity contribution in [3.63, 3.8) is 0 Å². The number of ether oxygens (including phenoxy) is 1. The first-order valence-corrected chi connectivity index (χ1v) is 6.79. The van der Waals surface area contributed by atoms with Crippen LogP contribution in [0.1, 0.15) is 19.4 Å². The molecule has 6 heteroatoms. The minimum absolute atomic E-state index is 0.523. The number of aryl methyl sites for hydroxylation is 1. The van der Waals surface area contributed by atoms with Gasteiger partial charge < -0.3 is 10.5 Å². The zero-order chi connectivity index (χ0) is 14.5. The molecule has 0 saturated carbocycles. The number of aromatic nitrogens is 4. The van der Waals surface area contributed by atoms with Crippen molar-refractivity contribution in [3.05, 3.63) is 23.8 Å². The fraction of sp³-hybridized carbons (Fsp3) is 0.500. The highest BCUT2D eigenvalue weighted by atomic mass is 16.5. The molecule has 0 aliphatic heterocycles. The highest BCUT2D eigenvalue weighted by Gasteiger charge is 2.14.